The Morgan fingerprint density at radius 2 is 2.05 bits per heavy atom. The molecule has 0 aliphatic heterocycles. The fraction of sp³-hybridized carbons (Fsp3) is 0.600. The van der Waals surface area contributed by atoms with E-state index in [4.69, 9.17) is 0 Å². The summed E-state index contributed by atoms with van der Waals surface area (Å²) in [6.45, 7) is 1.89. The minimum absolute atomic E-state index is 0.0189. The lowest BCUT2D eigenvalue weighted by Gasteiger charge is -2.29. The molecule has 2 unspecified atom stereocenters. The second kappa shape index (κ2) is 6.70. The van der Waals surface area contributed by atoms with Gasteiger partial charge in [0.1, 0.15) is 0 Å². The normalized spacial score (nSPS) is 23.7. The maximum Gasteiger partial charge on any atom is 0.241 e. The van der Waals surface area contributed by atoms with E-state index in [2.05, 4.69) is 11.6 Å². The zero-order valence-corrected chi connectivity index (χ0v) is 12.7. The van der Waals surface area contributed by atoms with Crippen LogP contribution >= 0.6 is 0 Å². The molecule has 1 fully saturated rings. The highest BCUT2D eigenvalue weighted by molar-refractivity contribution is 7.89. The first-order chi connectivity index (χ1) is 9.56. The summed E-state index contributed by atoms with van der Waals surface area (Å²) in [7, 11) is -3.54. The van der Waals surface area contributed by atoms with Crippen molar-refractivity contribution in [1.29, 1.82) is 0 Å². The van der Waals surface area contributed by atoms with Gasteiger partial charge < -0.3 is 5.11 Å². The molecule has 1 aromatic rings. The summed E-state index contributed by atoms with van der Waals surface area (Å²) < 4.78 is 27.7. The number of sulfonamides is 1. The summed E-state index contributed by atoms with van der Waals surface area (Å²) in [5, 5.41) is 9.28. The predicted molar refractivity (Wildman–Crippen MR) is 78.7 cm³/mol. The molecule has 112 valence electrons. The molecule has 0 spiro atoms. The van der Waals surface area contributed by atoms with Gasteiger partial charge in [-0.25, -0.2) is 13.1 Å². The molecule has 1 aliphatic rings. The lowest BCUT2D eigenvalue weighted by Crippen LogP contribution is -2.38. The summed E-state index contributed by atoms with van der Waals surface area (Å²) in [5.74, 6) is 0.615. The van der Waals surface area contributed by atoms with Crippen molar-refractivity contribution in [2.45, 2.75) is 56.6 Å². The van der Waals surface area contributed by atoms with Gasteiger partial charge >= 0.3 is 0 Å². The van der Waals surface area contributed by atoms with Gasteiger partial charge in [-0.15, -0.1) is 0 Å². The molecule has 0 saturated heterocycles. The quantitative estimate of drug-likeness (QED) is 0.877. The van der Waals surface area contributed by atoms with E-state index in [0.717, 1.165) is 25.7 Å². The van der Waals surface area contributed by atoms with E-state index >= 15 is 0 Å². The van der Waals surface area contributed by atoms with Gasteiger partial charge in [-0.3, -0.25) is 0 Å². The van der Waals surface area contributed by atoms with Crippen LogP contribution in [0, 0.1) is 5.92 Å². The SMILES string of the molecule is CCC1CCCC(NS(=O)(=O)c2ccccc2CO)C1. The molecule has 1 saturated carbocycles. The molecule has 0 amide bonds. The second-order valence-electron chi connectivity index (χ2n) is 5.52. The molecule has 0 bridgehead atoms. The highest BCUT2D eigenvalue weighted by Gasteiger charge is 2.26. The summed E-state index contributed by atoms with van der Waals surface area (Å²) in [6, 6.07) is 6.63. The van der Waals surface area contributed by atoms with Crippen LogP contribution in [0.1, 0.15) is 44.6 Å². The Morgan fingerprint density at radius 3 is 2.75 bits per heavy atom. The highest BCUT2D eigenvalue weighted by atomic mass is 32.2. The van der Waals surface area contributed by atoms with Crippen LogP contribution in [-0.4, -0.2) is 19.6 Å². The van der Waals surface area contributed by atoms with Crippen LogP contribution in [0.25, 0.3) is 0 Å². The van der Waals surface area contributed by atoms with E-state index in [-0.39, 0.29) is 17.5 Å². The van der Waals surface area contributed by atoms with Gasteiger partial charge in [-0.05, 0) is 30.4 Å². The zero-order valence-electron chi connectivity index (χ0n) is 11.9. The van der Waals surface area contributed by atoms with Crippen molar-refractivity contribution < 1.29 is 13.5 Å². The fourth-order valence-electron chi connectivity index (χ4n) is 2.95. The lowest BCUT2D eigenvalue weighted by atomic mass is 9.85. The molecule has 2 N–H and O–H groups in total. The first kappa shape index (κ1) is 15.5. The third-order valence-corrected chi connectivity index (χ3v) is 5.74. The van der Waals surface area contributed by atoms with E-state index in [0.29, 0.717) is 11.5 Å². The molecule has 20 heavy (non-hydrogen) atoms. The Hall–Kier alpha value is -0.910. The van der Waals surface area contributed by atoms with Crippen LogP contribution < -0.4 is 4.72 Å². The number of hydrogen-bond acceptors (Lipinski definition) is 3. The van der Waals surface area contributed by atoms with Crippen molar-refractivity contribution in [3.05, 3.63) is 29.8 Å². The van der Waals surface area contributed by atoms with Crippen LogP contribution in [0.4, 0.5) is 0 Å². The van der Waals surface area contributed by atoms with Gasteiger partial charge in [-0.1, -0.05) is 44.4 Å². The molecule has 0 heterocycles. The summed E-state index contributed by atoms with van der Waals surface area (Å²) in [6.07, 6.45) is 5.19. The number of rotatable bonds is 5. The molecular formula is C15H23NO3S. The van der Waals surface area contributed by atoms with Crippen LogP contribution in [0.5, 0.6) is 0 Å². The van der Waals surface area contributed by atoms with Crippen molar-refractivity contribution in [2.24, 2.45) is 5.92 Å². The molecule has 2 atom stereocenters. The monoisotopic (exact) mass is 297 g/mol. The van der Waals surface area contributed by atoms with Crippen molar-refractivity contribution in [1.82, 2.24) is 4.72 Å². The number of aliphatic hydroxyl groups is 1. The fourth-order valence-corrected chi connectivity index (χ4v) is 4.46. The minimum atomic E-state index is -3.54. The smallest absolute Gasteiger partial charge is 0.241 e. The zero-order chi connectivity index (χ0) is 14.6. The van der Waals surface area contributed by atoms with E-state index in [1.165, 1.54) is 6.42 Å². The number of nitrogens with one attached hydrogen (secondary N) is 1. The van der Waals surface area contributed by atoms with Gasteiger partial charge in [0.05, 0.1) is 11.5 Å². The van der Waals surface area contributed by atoms with Crippen molar-refractivity contribution in [2.75, 3.05) is 0 Å². The van der Waals surface area contributed by atoms with Gasteiger partial charge in [0, 0.05) is 6.04 Å². The first-order valence-electron chi connectivity index (χ1n) is 7.28. The third kappa shape index (κ3) is 3.59. The lowest BCUT2D eigenvalue weighted by molar-refractivity contribution is 0.278. The Bertz CT molecular complexity index is 542. The Balaban J connectivity index is 2.14. The van der Waals surface area contributed by atoms with Crippen LogP contribution in [0.2, 0.25) is 0 Å². The molecule has 1 aromatic carbocycles. The minimum Gasteiger partial charge on any atom is -0.392 e. The van der Waals surface area contributed by atoms with Crippen LogP contribution in [-0.2, 0) is 16.6 Å². The maximum atomic E-state index is 12.5. The average Bonchev–Trinajstić information content (AvgIpc) is 2.47. The molecule has 0 radical (unpaired) electrons. The number of aliphatic hydroxyl groups excluding tert-OH is 1. The van der Waals surface area contributed by atoms with Gasteiger partial charge in [0.15, 0.2) is 0 Å². The Labute approximate surface area is 121 Å². The van der Waals surface area contributed by atoms with Crippen molar-refractivity contribution in [3.63, 3.8) is 0 Å². The van der Waals surface area contributed by atoms with E-state index in [1.807, 2.05) is 0 Å². The number of hydrogen-bond donors (Lipinski definition) is 2. The second-order valence-corrected chi connectivity index (χ2v) is 7.21. The molecule has 2 rings (SSSR count). The molecule has 0 aromatic heterocycles. The molecular weight excluding hydrogens is 274 g/mol. The molecule has 5 heteroatoms. The summed E-state index contributed by atoms with van der Waals surface area (Å²) >= 11 is 0. The van der Waals surface area contributed by atoms with Crippen LogP contribution in [0.3, 0.4) is 0 Å². The van der Waals surface area contributed by atoms with Gasteiger partial charge in [0.25, 0.3) is 0 Å². The predicted octanol–water partition coefficient (Wildman–Crippen LogP) is 2.43. The Morgan fingerprint density at radius 1 is 1.30 bits per heavy atom. The topological polar surface area (TPSA) is 66.4 Å². The third-order valence-electron chi connectivity index (χ3n) is 4.11. The standard InChI is InChI=1S/C15H23NO3S/c1-2-12-6-5-8-14(10-12)16-20(18,19)15-9-4-3-7-13(15)11-17/h3-4,7,9,12,14,16-17H,2,5-6,8,10-11H2,1H3. The molecule has 4 nitrogen and oxygen atoms in total. The van der Waals surface area contributed by atoms with Crippen molar-refractivity contribution >= 4 is 10.0 Å². The van der Waals surface area contributed by atoms with E-state index < -0.39 is 10.0 Å². The highest BCUT2D eigenvalue weighted by Crippen LogP contribution is 2.28. The molecule has 1 aliphatic carbocycles. The summed E-state index contributed by atoms with van der Waals surface area (Å²) in [5.41, 5.74) is 0.447. The first-order valence-corrected chi connectivity index (χ1v) is 8.76. The summed E-state index contributed by atoms with van der Waals surface area (Å²) in [4.78, 5) is 0.195. The number of benzene rings is 1. The largest absolute Gasteiger partial charge is 0.392 e. The van der Waals surface area contributed by atoms with Gasteiger partial charge in [-0.2, -0.15) is 0 Å². The average molecular weight is 297 g/mol. The van der Waals surface area contributed by atoms with Crippen LogP contribution in [0.15, 0.2) is 29.2 Å². The maximum absolute atomic E-state index is 12.5. The van der Waals surface area contributed by atoms with Gasteiger partial charge in [0.2, 0.25) is 10.0 Å². The Kier molecular flexibility index (Phi) is 5.18. The van der Waals surface area contributed by atoms with E-state index in [9.17, 15) is 13.5 Å². The van der Waals surface area contributed by atoms with Crippen molar-refractivity contribution in [3.8, 4) is 0 Å². The van der Waals surface area contributed by atoms with E-state index in [1.54, 1.807) is 24.3 Å².